The normalized spacial score (nSPS) is 10.2. The van der Waals surface area contributed by atoms with Crippen LogP contribution in [-0.4, -0.2) is 30.1 Å². The highest BCUT2D eigenvalue weighted by Gasteiger charge is 2.02. The fourth-order valence-corrected chi connectivity index (χ4v) is 2.04. The van der Waals surface area contributed by atoms with E-state index in [0.29, 0.717) is 5.95 Å². The lowest BCUT2D eigenvalue weighted by Gasteiger charge is -2.21. The molecule has 0 aliphatic carbocycles. The molecule has 0 bridgehead atoms. The topological polar surface area (TPSA) is 53.1 Å². The Morgan fingerprint density at radius 3 is 2.35 bits per heavy atom. The number of benzene rings is 1. The van der Waals surface area contributed by atoms with Crippen molar-refractivity contribution in [1.29, 1.82) is 0 Å². The molecule has 0 radical (unpaired) electrons. The SMILES string of the molecule is CCN(CC)c1ccc(Nc2ccnc(NC)n2)cc1. The Labute approximate surface area is 120 Å². The van der Waals surface area contributed by atoms with Gasteiger partial charge in [0.2, 0.25) is 5.95 Å². The number of nitrogens with zero attached hydrogens (tertiary/aromatic N) is 3. The van der Waals surface area contributed by atoms with E-state index < -0.39 is 0 Å². The first-order valence-corrected chi connectivity index (χ1v) is 6.89. The molecule has 0 aliphatic heterocycles. The summed E-state index contributed by atoms with van der Waals surface area (Å²) < 4.78 is 0. The number of hydrogen-bond acceptors (Lipinski definition) is 5. The summed E-state index contributed by atoms with van der Waals surface area (Å²) in [6.45, 7) is 6.35. The second-order valence-electron chi connectivity index (χ2n) is 4.36. The zero-order valence-electron chi connectivity index (χ0n) is 12.2. The molecule has 5 heteroatoms. The van der Waals surface area contributed by atoms with Crippen molar-refractivity contribution in [2.45, 2.75) is 13.8 Å². The maximum Gasteiger partial charge on any atom is 0.224 e. The Hall–Kier alpha value is -2.30. The van der Waals surface area contributed by atoms with E-state index in [2.05, 4.69) is 63.6 Å². The van der Waals surface area contributed by atoms with E-state index in [1.54, 1.807) is 13.2 Å². The average molecular weight is 271 g/mol. The smallest absolute Gasteiger partial charge is 0.224 e. The lowest BCUT2D eigenvalue weighted by atomic mass is 10.2. The highest BCUT2D eigenvalue weighted by atomic mass is 15.1. The summed E-state index contributed by atoms with van der Waals surface area (Å²) in [4.78, 5) is 10.7. The predicted molar refractivity (Wildman–Crippen MR) is 84.9 cm³/mol. The van der Waals surface area contributed by atoms with E-state index in [1.807, 2.05) is 6.07 Å². The lowest BCUT2D eigenvalue weighted by molar-refractivity contribution is 0.866. The standard InChI is InChI=1S/C15H21N5/c1-4-20(5-2)13-8-6-12(7-9-13)18-14-10-11-17-15(16-3)19-14/h6-11H,4-5H2,1-3H3,(H2,16,17,18,19). The first-order valence-electron chi connectivity index (χ1n) is 6.89. The summed E-state index contributed by atoms with van der Waals surface area (Å²) >= 11 is 0. The molecule has 0 fully saturated rings. The Bertz CT molecular complexity index is 534. The molecule has 5 nitrogen and oxygen atoms in total. The maximum atomic E-state index is 4.33. The van der Waals surface area contributed by atoms with Crippen molar-refractivity contribution in [3.05, 3.63) is 36.5 Å². The quantitative estimate of drug-likeness (QED) is 0.845. The van der Waals surface area contributed by atoms with Crippen molar-refractivity contribution < 1.29 is 0 Å². The van der Waals surface area contributed by atoms with Crippen molar-refractivity contribution >= 4 is 23.1 Å². The zero-order chi connectivity index (χ0) is 14.4. The number of hydrogen-bond donors (Lipinski definition) is 2. The molecule has 2 rings (SSSR count). The van der Waals surface area contributed by atoms with E-state index >= 15 is 0 Å². The first-order chi connectivity index (χ1) is 9.76. The van der Waals surface area contributed by atoms with Gasteiger partial charge in [-0.2, -0.15) is 4.98 Å². The van der Waals surface area contributed by atoms with E-state index in [1.165, 1.54) is 5.69 Å². The minimum absolute atomic E-state index is 0.606. The molecule has 1 aromatic carbocycles. The van der Waals surface area contributed by atoms with Gasteiger partial charge < -0.3 is 15.5 Å². The van der Waals surface area contributed by atoms with Crippen LogP contribution >= 0.6 is 0 Å². The van der Waals surface area contributed by atoms with Crippen molar-refractivity contribution in [3.8, 4) is 0 Å². The van der Waals surface area contributed by atoms with E-state index in [-0.39, 0.29) is 0 Å². The van der Waals surface area contributed by atoms with Crippen molar-refractivity contribution in [1.82, 2.24) is 9.97 Å². The molecule has 2 aromatic rings. The molecule has 1 aromatic heterocycles. The van der Waals surface area contributed by atoms with E-state index in [9.17, 15) is 0 Å². The highest BCUT2D eigenvalue weighted by Crippen LogP contribution is 2.20. The molecule has 0 spiro atoms. The fourth-order valence-electron chi connectivity index (χ4n) is 2.04. The number of rotatable bonds is 6. The van der Waals surface area contributed by atoms with Gasteiger partial charge in [0.15, 0.2) is 0 Å². The van der Waals surface area contributed by atoms with Gasteiger partial charge in [0, 0.05) is 37.7 Å². The van der Waals surface area contributed by atoms with Crippen LogP contribution in [0.15, 0.2) is 36.5 Å². The monoisotopic (exact) mass is 271 g/mol. The van der Waals surface area contributed by atoms with Crippen LogP contribution in [0.5, 0.6) is 0 Å². The molecule has 20 heavy (non-hydrogen) atoms. The van der Waals surface area contributed by atoms with Crippen LogP contribution in [0.25, 0.3) is 0 Å². The van der Waals surface area contributed by atoms with Gasteiger partial charge in [0.25, 0.3) is 0 Å². The lowest BCUT2D eigenvalue weighted by Crippen LogP contribution is -2.21. The molecular weight excluding hydrogens is 250 g/mol. The minimum atomic E-state index is 0.606. The third-order valence-electron chi connectivity index (χ3n) is 3.15. The highest BCUT2D eigenvalue weighted by molar-refractivity contribution is 5.61. The molecule has 0 atom stereocenters. The Morgan fingerprint density at radius 2 is 1.75 bits per heavy atom. The zero-order valence-corrected chi connectivity index (χ0v) is 12.2. The molecule has 0 unspecified atom stereocenters. The van der Waals surface area contributed by atoms with Crippen molar-refractivity contribution in [3.63, 3.8) is 0 Å². The molecule has 0 amide bonds. The fraction of sp³-hybridized carbons (Fsp3) is 0.333. The van der Waals surface area contributed by atoms with Gasteiger partial charge in [0.1, 0.15) is 5.82 Å². The van der Waals surface area contributed by atoms with Crippen LogP contribution in [0.2, 0.25) is 0 Å². The second-order valence-corrected chi connectivity index (χ2v) is 4.36. The summed E-state index contributed by atoms with van der Waals surface area (Å²) in [6, 6.07) is 10.2. The number of nitrogens with one attached hydrogen (secondary N) is 2. The first kappa shape index (κ1) is 14.1. The third-order valence-corrected chi connectivity index (χ3v) is 3.15. The van der Waals surface area contributed by atoms with Gasteiger partial charge in [-0.1, -0.05) is 0 Å². The maximum absolute atomic E-state index is 4.33. The molecule has 0 aliphatic rings. The average Bonchev–Trinajstić information content (AvgIpc) is 2.50. The minimum Gasteiger partial charge on any atom is -0.372 e. The van der Waals surface area contributed by atoms with Crippen LogP contribution in [0.4, 0.5) is 23.1 Å². The summed E-state index contributed by atoms with van der Waals surface area (Å²) in [7, 11) is 1.80. The number of anilines is 4. The summed E-state index contributed by atoms with van der Waals surface area (Å²) in [5.74, 6) is 1.38. The largest absolute Gasteiger partial charge is 0.372 e. The third kappa shape index (κ3) is 3.38. The van der Waals surface area contributed by atoms with Gasteiger partial charge in [-0.15, -0.1) is 0 Å². The Balaban J connectivity index is 2.10. The molecule has 106 valence electrons. The van der Waals surface area contributed by atoms with Gasteiger partial charge in [-0.25, -0.2) is 4.98 Å². The molecule has 0 saturated carbocycles. The van der Waals surface area contributed by atoms with Crippen LogP contribution in [0, 0.1) is 0 Å². The van der Waals surface area contributed by atoms with Crippen LogP contribution in [0.1, 0.15) is 13.8 Å². The summed E-state index contributed by atoms with van der Waals surface area (Å²) in [5, 5.41) is 6.19. The molecule has 2 N–H and O–H groups in total. The van der Waals surface area contributed by atoms with Crippen molar-refractivity contribution in [2.24, 2.45) is 0 Å². The predicted octanol–water partition coefficient (Wildman–Crippen LogP) is 3.11. The van der Waals surface area contributed by atoms with E-state index in [0.717, 1.165) is 24.6 Å². The summed E-state index contributed by atoms with van der Waals surface area (Å²) in [5.41, 5.74) is 2.25. The van der Waals surface area contributed by atoms with Crippen LogP contribution < -0.4 is 15.5 Å². The molecular formula is C15H21N5. The van der Waals surface area contributed by atoms with Crippen LogP contribution in [-0.2, 0) is 0 Å². The van der Waals surface area contributed by atoms with Gasteiger partial charge in [-0.05, 0) is 44.2 Å². The van der Waals surface area contributed by atoms with E-state index in [4.69, 9.17) is 0 Å². The number of aromatic nitrogens is 2. The Kier molecular flexibility index (Phi) is 4.76. The van der Waals surface area contributed by atoms with Crippen molar-refractivity contribution in [2.75, 3.05) is 35.7 Å². The molecule has 0 saturated heterocycles. The van der Waals surface area contributed by atoms with Gasteiger partial charge in [-0.3, -0.25) is 0 Å². The van der Waals surface area contributed by atoms with Gasteiger partial charge in [0.05, 0.1) is 0 Å². The van der Waals surface area contributed by atoms with Crippen LogP contribution in [0.3, 0.4) is 0 Å². The summed E-state index contributed by atoms with van der Waals surface area (Å²) in [6.07, 6.45) is 1.73. The second kappa shape index (κ2) is 6.75. The van der Waals surface area contributed by atoms with Gasteiger partial charge >= 0.3 is 0 Å². The molecule has 1 heterocycles. The Morgan fingerprint density at radius 1 is 1.05 bits per heavy atom.